The normalized spacial score (nSPS) is 17.4. The SMILES string of the molecule is C#CCN1C(=O)[C@H](C(=O)OCC)C(=O)c2cccnc21. The van der Waals surface area contributed by atoms with Gasteiger partial charge in [-0.05, 0) is 19.1 Å². The molecular formula is C14H12N2O4. The van der Waals surface area contributed by atoms with Crippen LogP contribution in [0.5, 0.6) is 0 Å². The minimum Gasteiger partial charge on any atom is -0.465 e. The second-order valence-electron chi connectivity index (χ2n) is 4.05. The van der Waals surface area contributed by atoms with E-state index in [-0.39, 0.29) is 24.5 Å². The van der Waals surface area contributed by atoms with Gasteiger partial charge in [0.2, 0.25) is 0 Å². The van der Waals surface area contributed by atoms with Crippen LogP contribution in [0.3, 0.4) is 0 Å². The summed E-state index contributed by atoms with van der Waals surface area (Å²) in [7, 11) is 0. The average Bonchev–Trinajstić information content (AvgIpc) is 2.44. The van der Waals surface area contributed by atoms with Crippen LogP contribution in [0.25, 0.3) is 0 Å². The lowest BCUT2D eigenvalue weighted by atomic mass is 9.92. The van der Waals surface area contributed by atoms with E-state index in [1.54, 1.807) is 13.0 Å². The van der Waals surface area contributed by atoms with Gasteiger partial charge in [-0.2, -0.15) is 0 Å². The van der Waals surface area contributed by atoms with Crippen LogP contribution in [0.15, 0.2) is 18.3 Å². The molecule has 2 heterocycles. The molecule has 0 N–H and O–H groups in total. The number of esters is 1. The van der Waals surface area contributed by atoms with E-state index >= 15 is 0 Å². The summed E-state index contributed by atoms with van der Waals surface area (Å²) in [5.74, 6) is -1.17. The highest BCUT2D eigenvalue weighted by molar-refractivity contribution is 6.29. The molecule has 1 aromatic rings. The molecule has 6 nitrogen and oxygen atoms in total. The van der Waals surface area contributed by atoms with E-state index in [0.717, 1.165) is 4.90 Å². The molecule has 1 atom stereocenters. The van der Waals surface area contributed by atoms with Gasteiger partial charge in [-0.3, -0.25) is 19.3 Å². The summed E-state index contributed by atoms with van der Waals surface area (Å²) in [6.45, 7) is 1.63. The number of anilines is 1. The predicted molar refractivity (Wildman–Crippen MR) is 69.9 cm³/mol. The molecule has 0 unspecified atom stereocenters. The van der Waals surface area contributed by atoms with Crippen molar-refractivity contribution >= 4 is 23.5 Å². The van der Waals surface area contributed by atoms with Gasteiger partial charge >= 0.3 is 5.97 Å². The van der Waals surface area contributed by atoms with Crippen LogP contribution in [0.1, 0.15) is 17.3 Å². The van der Waals surface area contributed by atoms with Crippen molar-refractivity contribution in [3.05, 3.63) is 23.9 Å². The zero-order valence-corrected chi connectivity index (χ0v) is 10.8. The average molecular weight is 272 g/mol. The molecule has 1 aliphatic heterocycles. The third-order valence-electron chi connectivity index (χ3n) is 2.85. The second-order valence-corrected chi connectivity index (χ2v) is 4.05. The van der Waals surface area contributed by atoms with Crippen molar-refractivity contribution < 1.29 is 19.1 Å². The molecule has 0 spiro atoms. The number of hydrogen-bond acceptors (Lipinski definition) is 5. The molecule has 0 bridgehead atoms. The lowest BCUT2D eigenvalue weighted by Gasteiger charge is -2.29. The minimum absolute atomic E-state index is 0.0635. The number of amides is 1. The lowest BCUT2D eigenvalue weighted by Crippen LogP contribution is -2.49. The van der Waals surface area contributed by atoms with Gasteiger partial charge in [-0.25, -0.2) is 4.98 Å². The Morgan fingerprint density at radius 3 is 2.95 bits per heavy atom. The maximum Gasteiger partial charge on any atom is 0.326 e. The predicted octanol–water partition coefficient (Wildman–Crippen LogP) is 0.423. The molecule has 20 heavy (non-hydrogen) atoms. The van der Waals surface area contributed by atoms with E-state index in [4.69, 9.17) is 11.2 Å². The topological polar surface area (TPSA) is 76.6 Å². The number of pyridine rings is 1. The zero-order valence-electron chi connectivity index (χ0n) is 10.8. The van der Waals surface area contributed by atoms with Gasteiger partial charge in [0, 0.05) is 6.20 Å². The molecule has 0 saturated heterocycles. The smallest absolute Gasteiger partial charge is 0.326 e. The summed E-state index contributed by atoms with van der Waals surface area (Å²) < 4.78 is 4.78. The number of carbonyl (C=O) groups excluding carboxylic acids is 3. The Morgan fingerprint density at radius 1 is 1.55 bits per heavy atom. The lowest BCUT2D eigenvalue weighted by molar-refractivity contribution is -0.149. The quantitative estimate of drug-likeness (QED) is 0.453. The largest absolute Gasteiger partial charge is 0.465 e. The summed E-state index contributed by atoms with van der Waals surface area (Å²) in [4.78, 5) is 41.5. The highest BCUT2D eigenvalue weighted by Crippen LogP contribution is 2.28. The van der Waals surface area contributed by atoms with E-state index in [1.807, 2.05) is 0 Å². The summed E-state index contributed by atoms with van der Waals surface area (Å²) >= 11 is 0. The molecule has 0 aliphatic carbocycles. The number of nitrogens with zero attached hydrogens (tertiary/aromatic N) is 2. The Hall–Kier alpha value is -2.68. The second kappa shape index (κ2) is 5.53. The Morgan fingerprint density at radius 2 is 2.30 bits per heavy atom. The number of Topliss-reactive ketones (excluding diaryl/α,β-unsaturated/α-hetero) is 1. The van der Waals surface area contributed by atoms with Gasteiger partial charge in [-0.15, -0.1) is 6.42 Å². The van der Waals surface area contributed by atoms with Crippen molar-refractivity contribution in [3.63, 3.8) is 0 Å². The fraction of sp³-hybridized carbons (Fsp3) is 0.286. The van der Waals surface area contributed by atoms with E-state index in [1.165, 1.54) is 12.3 Å². The molecule has 1 aliphatic rings. The number of fused-ring (bicyclic) bond motifs is 1. The van der Waals surface area contributed by atoms with E-state index in [9.17, 15) is 14.4 Å². The Balaban J connectivity index is 2.50. The molecule has 0 radical (unpaired) electrons. The minimum atomic E-state index is -1.50. The highest BCUT2D eigenvalue weighted by Gasteiger charge is 2.45. The molecule has 0 saturated carbocycles. The Bertz CT molecular complexity index is 618. The fourth-order valence-corrected chi connectivity index (χ4v) is 2.01. The summed E-state index contributed by atoms with van der Waals surface area (Å²) in [6, 6.07) is 3.07. The molecule has 0 aromatic carbocycles. The van der Waals surface area contributed by atoms with E-state index in [2.05, 4.69) is 10.9 Å². The van der Waals surface area contributed by atoms with Crippen LogP contribution >= 0.6 is 0 Å². The first-order valence-corrected chi connectivity index (χ1v) is 6.02. The monoisotopic (exact) mass is 272 g/mol. The first-order valence-electron chi connectivity index (χ1n) is 6.02. The van der Waals surface area contributed by atoms with E-state index < -0.39 is 23.6 Å². The van der Waals surface area contributed by atoms with Crippen LogP contribution < -0.4 is 4.90 Å². The number of ketones is 1. The van der Waals surface area contributed by atoms with Crippen molar-refractivity contribution in [2.75, 3.05) is 18.1 Å². The molecule has 2 rings (SSSR count). The standard InChI is InChI=1S/C14H12N2O4/c1-3-8-16-12-9(6-5-7-15-12)11(17)10(13(16)18)14(19)20-4-2/h1,5-7,10H,4,8H2,2H3/t10-/m1/s1. The molecule has 102 valence electrons. The molecular weight excluding hydrogens is 260 g/mol. The number of hydrogen-bond donors (Lipinski definition) is 0. The van der Waals surface area contributed by atoms with Crippen LogP contribution in [0.4, 0.5) is 5.82 Å². The fourth-order valence-electron chi connectivity index (χ4n) is 2.01. The summed E-state index contributed by atoms with van der Waals surface area (Å²) in [5.41, 5.74) is 0.195. The van der Waals surface area contributed by atoms with Gasteiger partial charge < -0.3 is 4.74 Å². The molecule has 1 aromatic heterocycles. The van der Waals surface area contributed by atoms with Gasteiger partial charge in [-0.1, -0.05) is 5.92 Å². The van der Waals surface area contributed by atoms with Crippen LogP contribution in [0.2, 0.25) is 0 Å². The van der Waals surface area contributed by atoms with Crippen molar-refractivity contribution in [1.82, 2.24) is 4.98 Å². The van der Waals surface area contributed by atoms with Crippen LogP contribution in [-0.4, -0.2) is 35.8 Å². The van der Waals surface area contributed by atoms with Gasteiger partial charge in [0.25, 0.3) is 5.91 Å². The Kier molecular flexibility index (Phi) is 3.80. The zero-order chi connectivity index (χ0) is 14.7. The van der Waals surface area contributed by atoms with Crippen LogP contribution in [-0.2, 0) is 14.3 Å². The number of aromatic nitrogens is 1. The van der Waals surface area contributed by atoms with Gasteiger partial charge in [0.1, 0.15) is 5.82 Å². The summed E-state index contributed by atoms with van der Waals surface area (Å²) in [5, 5.41) is 0. The summed E-state index contributed by atoms with van der Waals surface area (Å²) in [6.07, 6.45) is 6.67. The number of rotatable bonds is 3. The van der Waals surface area contributed by atoms with Crippen molar-refractivity contribution in [3.8, 4) is 12.3 Å². The molecule has 0 fully saturated rings. The third kappa shape index (κ3) is 2.14. The third-order valence-corrected chi connectivity index (χ3v) is 2.85. The van der Waals surface area contributed by atoms with Crippen molar-refractivity contribution in [2.45, 2.75) is 6.92 Å². The van der Waals surface area contributed by atoms with Crippen molar-refractivity contribution in [1.29, 1.82) is 0 Å². The maximum absolute atomic E-state index is 12.3. The van der Waals surface area contributed by atoms with Crippen molar-refractivity contribution in [2.24, 2.45) is 5.92 Å². The number of ether oxygens (including phenoxy) is 1. The van der Waals surface area contributed by atoms with Crippen LogP contribution in [0, 0.1) is 18.3 Å². The Labute approximate surface area is 115 Å². The van der Waals surface area contributed by atoms with E-state index in [0.29, 0.717) is 0 Å². The number of carbonyl (C=O) groups is 3. The van der Waals surface area contributed by atoms with Gasteiger partial charge in [0.05, 0.1) is 18.7 Å². The highest BCUT2D eigenvalue weighted by atomic mass is 16.5. The first-order chi connectivity index (χ1) is 9.61. The molecule has 1 amide bonds. The first kappa shape index (κ1) is 13.7. The van der Waals surface area contributed by atoms with Gasteiger partial charge in [0.15, 0.2) is 11.7 Å². The number of terminal acetylenes is 1. The maximum atomic E-state index is 12.3. The molecule has 6 heteroatoms.